The van der Waals surface area contributed by atoms with Gasteiger partial charge in [0.15, 0.2) is 11.6 Å². The van der Waals surface area contributed by atoms with E-state index in [-0.39, 0.29) is 29.0 Å². The average Bonchev–Trinajstić information content (AvgIpc) is 2.62. The maximum absolute atomic E-state index is 12.2. The smallest absolute Gasteiger partial charge is 0.254 e. The van der Waals surface area contributed by atoms with Crippen molar-refractivity contribution >= 4 is 23.5 Å². The number of nitrogens with one attached hydrogen (secondary N) is 1. The topological polar surface area (TPSA) is 114 Å². The lowest BCUT2D eigenvalue weighted by atomic mass is 9.96. The zero-order valence-corrected chi connectivity index (χ0v) is 13.2. The number of hydrogen-bond donors (Lipinski definition) is 2. The monoisotopic (exact) mass is 291 g/mol. The van der Waals surface area contributed by atoms with Gasteiger partial charge in [0.1, 0.15) is 11.6 Å². The van der Waals surface area contributed by atoms with Crippen LogP contribution in [0, 0.1) is 22.2 Å². The Morgan fingerprint density at radius 1 is 1.19 bits per heavy atom. The highest BCUT2D eigenvalue weighted by Crippen LogP contribution is 2.26. The fourth-order valence-electron chi connectivity index (χ4n) is 1.40. The van der Waals surface area contributed by atoms with E-state index in [1.807, 2.05) is 6.07 Å². The fourth-order valence-corrected chi connectivity index (χ4v) is 1.40. The third-order valence-electron chi connectivity index (χ3n) is 2.78. The van der Waals surface area contributed by atoms with Crippen molar-refractivity contribution in [1.82, 2.24) is 9.78 Å². The Morgan fingerprint density at radius 3 is 2.10 bits per heavy atom. The largest absolute Gasteiger partial charge is 0.382 e. The molecular formula is C14H21N5O2. The van der Waals surface area contributed by atoms with E-state index in [0.717, 1.165) is 4.68 Å². The van der Waals surface area contributed by atoms with Crippen LogP contribution in [-0.4, -0.2) is 21.6 Å². The molecule has 1 amide bonds. The van der Waals surface area contributed by atoms with E-state index in [4.69, 9.17) is 11.0 Å². The molecule has 0 bridgehead atoms. The number of aromatic nitrogens is 2. The number of hydrogen-bond acceptors (Lipinski definition) is 5. The summed E-state index contributed by atoms with van der Waals surface area (Å²) in [4.78, 5) is 24.2. The van der Waals surface area contributed by atoms with Crippen LogP contribution in [0.15, 0.2) is 0 Å². The van der Waals surface area contributed by atoms with Crippen LogP contribution < -0.4 is 11.1 Å². The molecule has 0 saturated heterocycles. The number of rotatable bonds is 1. The average molecular weight is 291 g/mol. The minimum Gasteiger partial charge on any atom is -0.382 e. The second kappa shape index (κ2) is 5.20. The minimum atomic E-state index is -0.710. The van der Waals surface area contributed by atoms with Gasteiger partial charge in [0.2, 0.25) is 5.91 Å². The number of carbonyl (C=O) groups is 2. The van der Waals surface area contributed by atoms with Crippen LogP contribution in [0.5, 0.6) is 0 Å². The molecule has 0 unspecified atom stereocenters. The van der Waals surface area contributed by atoms with Gasteiger partial charge in [0.05, 0.1) is 0 Å². The molecule has 0 aliphatic carbocycles. The van der Waals surface area contributed by atoms with Crippen LogP contribution >= 0.6 is 0 Å². The first-order valence-electron chi connectivity index (χ1n) is 6.54. The van der Waals surface area contributed by atoms with Gasteiger partial charge in [-0.3, -0.25) is 9.59 Å². The summed E-state index contributed by atoms with van der Waals surface area (Å²) in [5.74, 6) is -0.728. The lowest BCUT2D eigenvalue weighted by Crippen LogP contribution is -2.30. The van der Waals surface area contributed by atoms with Crippen molar-refractivity contribution in [2.45, 2.75) is 41.5 Å². The summed E-state index contributed by atoms with van der Waals surface area (Å²) in [6.07, 6.45) is 0. The van der Waals surface area contributed by atoms with Crippen molar-refractivity contribution in [2.75, 3.05) is 11.1 Å². The number of nitrogens with zero attached hydrogens (tertiary/aromatic N) is 3. The Bertz CT molecular complexity index is 624. The van der Waals surface area contributed by atoms with E-state index in [2.05, 4.69) is 10.4 Å². The summed E-state index contributed by atoms with van der Waals surface area (Å²) in [7, 11) is 0. The summed E-state index contributed by atoms with van der Waals surface area (Å²) in [6, 6.07) is 1.87. The molecule has 0 aliphatic heterocycles. The van der Waals surface area contributed by atoms with Gasteiger partial charge in [-0.1, -0.05) is 41.5 Å². The second-order valence-corrected chi connectivity index (χ2v) is 6.89. The van der Waals surface area contributed by atoms with Crippen molar-refractivity contribution in [3.05, 3.63) is 5.56 Å². The summed E-state index contributed by atoms with van der Waals surface area (Å²) < 4.78 is 0.969. The molecule has 3 N–H and O–H groups in total. The molecular weight excluding hydrogens is 270 g/mol. The Hall–Kier alpha value is -2.36. The van der Waals surface area contributed by atoms with E-state index in [1.54, 1.807) is 41.5 Å². The molecule has 1 heterocycles. The van der Waals surface area contributed by atoms with Gasteiger partial charge >= 0.3 is 0 Å². The molecule has 7 nitrogen and oxygen atoms in total. The van der Waals surface area contributed by atoms with Gasteiger partial charge in [-0.15, -0.1) is 5.10 Å². The van der Waals surface area contributed by atoms with Gasteiger partial charge in [-0.25, -0.2) is 0 Å². The summed E-state index contributed by atoms with van der Waals surface area (Å²) in [5, 5.41) is 15.7. The molecule has 0 saturated carbocycles. The molecule has 1 rings (SSSR count). The molecule has 1 aromatic rings. The Morgan fingerprint density at radius 2 is 1.71 bits per heavy atom. The van der Waals surface area contributed by atoms with E-state index in [9.17, 15) is 9.59 Å². The highest BCUT2D eigenvalue weighted by Gasteiger charge is 2.30. The maximum Gasteiger partial charge on any atom is 0.254 e. The fraction of sp³-hybridized carbons (Fsp3) is 0.571. The van der Waals surface area contributed by atoms with Gasteiger partial charge in [0, 0.05) is 10.8 Å². The number of carbonyl (C=O) groups excluding carboxylic acids is 2. The molecule has 0 aliphatic rings. The lowest BCUT2D eigenvalue weighted by molar-refractivity contribution is -0.123. The van der Waals surface area contributed by atoms with Gasteiger partial charge in [-0.05, 0) is 0 Å². The van der Waals surface area contributed by atoms with Crippen LogP contribution in [0.25, 0.3) is 0 Å². The first-order valence-corrected chi connectivity index (χ1v) is 6.54. The number of nitriles is 1. The van der Waals surface area contributed by atoms with Crippen molar-refractivity contribution in [2.24, 2.45) is 10.8 Å². The summed E-state index contributed by atoms with van der Waals surface area (Å²) >= 11 is 0. The Labute approximate surface area is 124 Å². The van der Waals surface area contributed by atoms with Gasteiger partial charge in [-0.2, -0.15) is 9.94 Å². The molecule has 21 heavy (non-hydrogen) atoms. The molecule has 0 spiro atoms. The summed E-state index contributed by atoms with van der Waals surface area (Å²) in [6.45, 7) is 10.3. The molecule has 0 atom stereocenters. The van der Waals surface area contributed by atoms with E-state index in [1.165, 1.54) is 0 Å². The Kier molecular flexibility index (Phi) is 4.14. The van der Waals surface area contributed by atoms with Crippen molar-refractivity contribution in [3.8, 4) is 6.07 Å². The standard InChI is InChI=1S/C14H21N5O2/c1-13(2,3)11(20)17-10-8(7-15)9(16)19(18-10)12(21)14(4,5)6/h16H2,1-6H3,(H,17,18,20). The zero-order valence-electron chi connectivity index (χ0n) is 13.2. The van der Waals surface area contributed by atoms with Crippen molar-refractivity contribution in [3.63, 3.8) is 0 Å². The van der Waals surface area contributed by atoms with E-state index < -0.39 is 10.8 Å². The third kappa shape index (κ3) is 3.40. The second-order valence-electron chi connectivity index (χ2n) is 6.89. The van der Waals surface area contributed by atoms with E-state index in [0.29, 0.717) is 0 Å². The molecule has 114 valence electrons. The number of amides is 1. The van der Waals surface area contributed by atoms with Crippen molar-refractivity contribution in [1.29, 1.82) is 5.26 Å². The number of anilines is 2. The molecule has 0 aromatic carbocycles. The minimum absolute atomic E-state index is 0.00697. The predicted molar refractivity (Wildman–Crippen MR) is 79.5 cm³/mol. The zero-order chi connectivity index (χ0) is 16.6. The van der Waals surface area contributed by atoms with Crippen LogP contribution in [0.2, 0.25) is 0 Å². The number of nitrogens with two attached hydrogens (primary N) is 1. The predicted octanol–water partition coefficient (Wildman–Crippen LogP) is 2.01. The number of nitrogen functional groups attached to an aromatic ring is 1. The normalized spacial score (nSPS) is 11.9. The van der Waals surface area contributed by atoms with Crippen LogP contribution in [0.3, 0.4) is 0 Å². The highest BCUT2D eigenvalue weighted by atomic mass is 16.2. The lowest BCUT2D eigenvalue weighted by Gasteiger charge is -2.17. The molecule has 7 heteroatoms. The van der Waals surface area contributed by atoms with Gasteiger partial charge in [0.25, 0.3) is 5.91 Å². The molecule has 1 aromatic heterocycles. The first kappa shape index (κ1) is 16.7. The maximum atomic E-state index is 12.2. The van der Waals surface area contributed by atoms with Crippen molar-refractivity contribution < 1.29 is 9.59 Å². The SMILES string of the molecule is CC(C)(C)C(=O)Nc1nn(C(=O)C(C)(C)C)c(N)c1C#N. The van der Waals surface area contributed by atoms with Crippen LogP contribution in [0.1, 0.15) is 51.9 Å². The summed E-state index contributed by atoms with van der Waals surface area (Å²) in [5.41, 5.74) is 4.43. The first-order chi connectivity index (χ1) is 9.39. The quantitative estimate of drug-likeness (QED) is 0.821. The third-order valence-corrected chi connectivity index (χ3v) is 2.78. The molecule has 0 fully saturated rings. The van der Waals surface area contributed by atoms with Crippen LogP contribution in [0.4, 0.5) is 11.6 Å². The van der Waals surface area contributed by atoms with Crippen LogP contribution in [-0.2, 0) is 4.79 Å². The molecule has 0 radical (unpaired) electrons. The highest BCUT2D eigenvalue weighted by molar-refractivity contribution is 5.96. The van der Waals surface area contributed by atoms with E-state index >= 15 is 0 Å². The Balaban J connectivity index is 3.29. The van der Waals surface area contributed by atoms with Gasteiger partial charge < -0.3 is 11.1 Å².